The van der Waals surface area contributed by atoms with E-state index in [4.69, 9.17) is 5.73 Å². The van der Waals surface area contributed by atoms with Gasteiger partial charge in [-0.25, -0.2) is 4.39 Å². The van der Waals surface area contributed by atoms with E-state index >= 15 is 0 Å². The molecule has 0 atom stereocenters. The lowest BCUT2D eigenvalue weighted by Crippen LogP contribution is -2.23. The summed E-state index contributed by atoms with van der Waals surface area (Å²) in [7, 11) is 0. The van der Waals surface area contributed by atoms with E-state index in [9.17, 15) is 4.39 Å². The van der Waals surface area contributed by atoms with Crippen LogP contribution in [0.1, 0.15) is 30.0 Å². The SMILES string of the molecule is CCCN(Cc1ccccc1)Cc1ccc(F)c(CN)c1. The van der Waals surface area contributed by atoms with Crippen molar-refractivity contribution < 1.29 is 4.39 Å². The zero-order chi connectivity index (χ0) is 15.1. The Balaban J connectivity index is 2.09. The van der Waals surface area contributed by atoms with E-state index < -0.39 is 0 Å². The molecule has 2 nitrogen and oxygen atoms in total. The molecule has 0 aromatic heterocycles. The minimum Gasteiger partial charge on any atom is -0.326 e. The highest BCUT2D eigenvalue weighted by Crippen LogP contribution is 2.14. The topological polar surface area (TPSA) is 29.3 Å². The molecule has 2 aromatic carbocycles. The van der Waals surface area contributed by atoms with Crippen molar-refractivity contribution in [2.24, 2.45) is 5.73 Å². The Morgan fingerprint density at radius 3 is 2.38 bits per heavy atom. The van der Waals surface area contributed by atoms with Crippen molar-refractivity contribution in [3.05, 3.63) is 71.0 Å². The standard InChI is InChI=1S/C18H23FN2/c1-2-10-21(13-15-6-4-3-5-7-15)14-16-8-9-18(19)17(11-16)12-20/h3-9,11H,2,10,12-14,20H2,1H3. The first-order valence-electron chi connectivity index (χ1n) is 7.46. The molecule has 0 saturated heterocycles. The molecule has 0 heterocycles. The summed E-state index contributed by atoms with van der Waals surface area (Å²) in [6.07, 6.45) is 1.10. The minimum absolute atomic E-state index is 0.216. The second kappa shape index (κ2) is 7.91. The fourth-order valence-electron chi connectivity index (χ4n) is 2.51. The molecular formula is C18H23FN2. The summed E-state index contributed by atoms with van der Waals surface area (Å²) in [5.74, 6) is -0.216. The smallest absolute Gasteiger partial charge is 0.127 e. The van der Waals surface area contributed by atoms with Gasteiger partial charge in [-0.3, -0.25) is 4.90 Å². The molecule has 0 saturated carbocycles. The van der Waals surface area contributed by atoms with Crippen molar-refractivity contribution >= 4 is 0 Å². The number of halogens is 1. The van der Waals surface area contributed by atoms with E-state index in [0.29, 0.717) is 5.56 Å². The van der Waals surface area contributed by atoms with E-state index in [1.807, 2.05) is 18.2 Å². The maximum Gasteiger partial charge on any atom is 0.127 e. The molecule has 0 amide bonds. The van der Waals surface area contributed by atoms with Gasteiger partial charge in [-0.05, 0) is 30.2 Å². The summed E-state index contributed by atoms with van der Waals surface area (Å²) in [6.45, 7) is 5.16. The van der Waals surface area contributed by atoms with Gasteiger partial charge in [-0.2, -0.15) is 0 Å². The number of benzene rings is 2. The van der Waals surface area contributed by atoms with Crippen molar-refractivity contribution in [2.75, 3.05) is 6.54 Å². The van der Waals surface area contributed by atoms with Crippen LogP contribution in [0.2, 0.25) is 0 Å². The number of nitrogens with zero attached hydrogens (tertiary/aromatic N) is 1. The van der Waals surface area contributed by atoms with Crippen LogP contribution in [0.5, 0.6) is 0 Å². The van der Waals surface area contributed by atoms with E-state index in [-0.39, 0.29) is 12.4 Å². The second-order valence-electron chi connectivity index (χ2n) is 5.33. The lowest BCUT2D eigenvalue weighted by atomic mass is 10.1. The van der Waals surface area contributed by atoms with Crippen LogP contribution in [0.4, 0.5) is 4.39 Å². The van der Waals surface area contributed by atoms with E-state index in [0.717, 1.165) is 31.6 Å². The highest BCUT2D eigenvalue weighted by molar-refractivity contribution is 5.25. The van der Waals surface area contributed by atoms with Crippen LogP contribution < -0.4 is 5.73 Å². The molecule has 0 aliphatic heterocycles. The first-order chi connectivity index (χ1) is 10.2. The quantitative estimate of drug-likeness (QED) is 0.841. The van der Waals surface area contributed by atoms with Gasteiger partial charge in [0.05, 0.1) is 0 Å². The Kier molecular flexibility index (Phi) is 5.90. The van der Waals surface area contributed by atoms with Gasteiger partial charge in [-0.15, -0.1) is 0 Å². The van der Waals surface area contributed by atoms with Crippen LogP contribution in [0.3, 0.4) is 0 Å². The molecule has 2 rings (SSSR count). The summed E-state index contributed by atoms with van der Waals surface area (Å²) >= 11 is 0. The molecule has 21 heavy (non-hydrogen) atoms. The lowest BCUT2D eigenvalue weighted by Gasteiger charge is -2.22. The van der Waals surface area contributed by atoms with Crippen molar-refractivity contribution in [1.29, 1.82) is 0 Å². The number of hydrogen-bond acceptors (Lipinski definition) is 2. The predicted molar refractivity (Wildman–Crippen MR) is 85.1 cm³/mol. The second-order valence-corrected chi connectivity index (χ2v) is 5.33. The molecule has 0 fully saturated rings. The summed E-state index contributed by atoms with van der Waals surface area (Å²) in [4.78, 5) is 2.38. The van der Waals surface area contributed by atoms with Gasteiger partial charge in [0.25, 0.3) is 0 Å². The normalized spacial score (nSPS) is 11.0. The Hall–Kier alpha value is -1.71. The van der Waals surface area contributed by atoms with Crippen LogP contribution in [0, 0.1) is 5.82 Å². The van der Waals surface area contributed by atoms with Crippen LogP contribution in [0.25, 0.3) is 0 Å². The monoisotopic (exact) mass is 286 g/mol. The summed E-state index contributed by atoms with van der Waals surface area (Å²) in [6, 6.07) is 15.7. The molecule has 0 unspecified atom stereocenters. The molecular weight excluding hydrogens is 263 g/mol. The molecule has 112 valence electrons. The molecule has 0 spiro atoms. The first-order valence-corrected chi connectivity index (χ1v) is 7.46. The molecule has 0 aliphatic carbocycles. The molecule has 0 radical (unpaired) electrons. The third-order valence-corrected chi connectivity index (χ3v) is 3.53. The van der Waals surface area contributed by atoms with Gasteiger partial charge >= 0.3 is 0 Å². The summed E-state index contributed by atoms with van der Waals surface area (Å²) in [5.41, 5.74) is 8.58. The number of rotatable bonds is 7. The fraction of sp³-hybridized carbons (Fsp3) is 0.333. The van der Waals surface area contributed by atoms with E-state index in [2.05, 4.69) is 36.1 Å². The van der Waals surface area contributed by atoms with Crippen molar-refractivity contribution in [3.63, 3.8) is 0 Å². The maximum absolute atomic E-state index is 13.5. The average molecular weight is 286 g/mol. The van der Waals surface area contributed by atoms with Crippen molar-refractivity contribution in [1.82, 2.24) is 4.90 Å². The Bertz CT molecular complexity index is 554. The molecule has 0 aliphatic rings. The van der Waals surface area contributed by atoms with Crippen LogP contribution >= 0.6 is 0 Å². The third-order valence-electron chi connectivity index (χ3n) is 3.53. The number of hydrogen-bond donors (Lipinski definition) is 1. The van der Waals surface area contributed by atoms with Crippen molar-refractivity contribution in [3.8, 4) is 0 Å². The van der Waals surface area contributed by atoms with E-state index in [1.165, 1.54) is 11.6 Å². The molecule has 0 bridgehead atoms. The Morgan fingerprint density at radius 1 is 1.00 bits per heavy atom. The predicted octanol–water partition coefficient (Wildman–Crippen LogP) is 3.70. The zero-order valence-electron chi connectivity index (χ0n) is 12.6. The highest BCUT2D eigenvalue weighted by Gasteiger charge is 2.08. The van der Waals surface area contributed by atoms with Gasteiger partial charge in [0.15, 0.2) is 0 Å². The first kappa shape index (κ1) is 15.7. The number of nitrogens with two attached hydrogens (primary N) is 1. The minimum atomic E-state index is -0.216. The largest absolute Gasteiger partial charge is 0.326 e. The summed E-state index contributed by atoms with van der Waals surface area (Å²) in [5, 5.41) is 0. The molecule has 3 heteroatoms. The Morgan fingerprint density at radius 2 is 1.71 bits per heavy atom. The van der Waals surface area contributed by atoms with E-state index in [1.54, 1.807) is 0 Å². The van der Waals surface area contributed by atoms with Crippen LogP contribution in [0.15, 0.2) is 48.5 Å². The van der Waals surface area contributed by atoms with Crippen LogP contribution in [-0.4, -0.2) is 11.4 Å². The third kappa shape index (κ3) is 4.66. The molecule has 2 aromatic rings. The average Bonchev–Trinajstić information content (AvgIpc) is 2.50. The lowest BCUT2D eigenvalue weighted by molar-refractivity contribution is 0.257. The summed E-state index contributed by atoms with van der Waals surface area (Å²) < 4.78 is 13.5. The van der Waals surface area contributed by atoms with Gasteiger partial charge in [0.2, 0.25) is 0 Å². The van der Waals surface area contributed by atoms with Crippen LogP contribution in [-0.2, 0) is 19.6 Å². The van der Waals surface area contributed by atoms with Gasteiger partial charge < -0.3 is 5.73 Å². The van der Waals surface area contributed by atoms with Gasteiger partial charge in [0, 0.05) is 25.2 Å². The maximum atomic E-state index is 13.5. The van der Waals surface area contributed by atoms with Crippen molar-refractivity contribution in [2.45, 2.75) is 33.0 Å². The zero-order valence-corrected chi connectivity index (χ0v) is 12.6. The Labute approximate surface area is 126 Å². The van der Waals surface area contributed by atoms with Gasteiger partial charge in [0.1, 0.15) is 5.82 Å². The molecule has 2 N–H and O–H groups in total. The fourth-order valence-corrected chi connectivity index (χ4v) is 2.51. The van der Waals surface area contributed by atoms with Gasteiger partial charge in [-0.1, -0.05) is 49.4 Å². The highest BCUT2D eigenvalue weighted by atomic mass is 19.1.